The largest absolute Gasteiger partial charge is 0.423 e. The number of ketones is 1. The molecule has 0 aromatic heterocycles. The van der Waals surface area contributed by atoms with Crippen LogP contribution in [0.3, 0.4) is 0 Å². The summed E-state index contributed by atoms with van der Waals surface area (Å²) >= 11 is 0. The lowest BCUT2D eigenvalue weighted by Gasteiger charge is -2.31. The molecule has 2 aliphatic rings. The highest BCUT2D eigenvalue weighted by Gasteiger charge is 2.40. The molecule has 1 heterocycles. The number of benzene rings is 3. The number of nitrogens with zero attached hydrogens (tertiary/aromatic N) is 1. The van der Waals surface area contributed by atoms with E-state index in [1.165, 1.54) is 13.1 Å². The number of likely N-dealkylation sites (N-methyl/N-ethyl adjacent to an activating group) is 1. The minimum absolute atomic E-state index is 0.00153. The van der Waals surface area contributed by atoms with E-state index in [0.29, 0.717) is 5.56 Å². The molecule has 7 heteroatoms. The van der Waals surface area contributed by atoms with Crippen molar-refractivity contribution in [3.8, 4) is 0 Å². The number of hydrogen-bond acceptors (Lipinski definition) is 5. The Balaban J connectivity index is 1.66. The summed E-state index contributed by atoms with van der Waals surface area (Å²) in [6, 6.07) is 19.2. The summed E-state index contributed by atoms with van der Waals surface area (Å²) in [6.45, 7) is 0. The second-order valence-electron chi connectivity index (χ2n) is 8.79. The van der Waals surface area contributed by atoms with Crippen LogP contribution in [-0.2, 0) is 19.6 Å². The summed E-state index contributed by atoms with van der Waals surface area (Å²) < 4.78 is 33.4. The maximum absolute atomic E-state index is 13.8. The number of carbonyl (C=O) groups is 2. The van der Waals surface area contributed by atoms with Gasteiger partial charge in [0.15, 0.2) is 5.76 Å². The third-order valence-electron chi connectivity index (χ3n) is 6.67. The third-order valence-corrected chi connectivity index (χ3v) is 8.48. The van der Waals surface area contributed by atoms with Crippen LogP contribution in [0.25, 0.3) is 16.5 Å². The van der Waals surface area contributed by atoms with E-state index in [9.17, 15) is 18.0 Å². The molecule has 3 aromatic rings. The molecule has 0 unspecified atom stereocenters. The smallest absolute Gasteiger partial charge is 0.314 e. The van der Waals surface area contributed by atoms with Crippen LogP contribution in [0.5, 0.6) is 0 Å². The van der Waals surface area contributed by atoms with Crippen LogP contribution < -0.4 is 0 Å². The first-order valence-corrected chi connectivity index (χ1v) is 12.9. The Morgan fingerprint density at radius 1 is 0.882 bits per heavy atom. The van der Waals surface area contributed by atoms with Crippen molar-refractivity contribution >= 4 is 38.3 Å². The van der Waals surface area contributed by atoms with Crippen molar-refractivity contribution in [3.63, 3.8) is 0 Å². The van der Waals surface area contributed by atoms with Gasteiger partial charge in [0.2, 0.25) is 5.78 Å². The summed E-state index contributed by atoms with van der Waals surface area (Å²) in [6.07, 6.45) is 4.45. The predicted molar refractivity (Wildman–Crippen MR) is 129 cm³/mol. The molecule has 0 radical (unpaired) electrons. The molecular formula is C27H25NO5S. The lowest BCUT2D eigenvalue weighted by molar-refractivity contribution is -0.142. The van der Waals surface area contributed by atoms with E-state index >= 15 is 0 Å². The molecule has 6 nitrogen and oxygen atoms in total. The predicted octanol–water partition coefficient (Wildman–Crippen LogP) is 5.15. The van der Waals surface area contributed by atoms with Gasteiger partial charge in [0.25, 0.3) is 10.0 Å². The average Bonchev–Trinajstić information content (AvgIpc) is 2.87. The Hall–Kier alpha value is -3.45. The van der Waals surface area contributed by atoms with Crippen LogP contribution in [-0.4, -0.2) is 31.5 Å². The van der Waals surface area contributed by atoms with Crippen molar-refractivity contribution in [1.29, 1.82) is 0 Å². The third kappa shape index (κ3) is 3.80. The molecule has 0 amide bonds. The number of sulfonamides is 1. The molecule has 0 atom stereocenters. The standard InChI is InChI=1S/C27H25NO5S/c1-28-24(25(29)21-16-15-18-9-5-6-12-20(18)17-21)26(33-27(30)19-10-3-2-4-11-19)22-13-7-8-14-23(22)34(28,31)32/h5-9,12-17,19H,2-4,10-11H2,1H3. The van der Waals surface area contributed by atoms with Crippen molar-refractivity contribution in [3.05, 3.63) is 83.6 Å². The molecule has 0 N–H and O–H groups in total. The monoisotopic (exact) mass is 475 g/mol. The summed E-state index contributed by atoms with van der Waals surface area (Å²) in [5, 5.41) is 1.82. The number of esters is 1. The molecule has 1 aliphatic heterocycles. The second-order valence-corrected chi connectivity index (χ2v) is 10.7. The van der Waals surface area contributed by atoms with Crippen LogP contribution in [0.15, 0.2) is 77.3 Å². The normalized spacial score (nSPS) is 18.0. The summed E-state index contributed by atoms with van der Waals surface area (Å²) in [5.41, 5.74) is 0.397. The van der Waals surface area contributed by atoms with Gasteiger partial charge in [0, 0.05) is 18.2 Å². The number of fused-ring (bicyclic) bond motifs is 2. The molecule has 1 saturated carbocycles. The lowest BCUT2D eigenvalue weighted by Crippen LogP contribution is -2.36. The van der Waals surface area contributed by atoms with E-state index in [2.05, 4.69) is 0 Å². The topological polar surface area (TPSA) is 80.8 Å². The zero-order valence-corrected chi connectivity index (χ0v) is 19.7. The van der Waals surface area contributed by atoms with Gasteiger partial charge in [-0.25, -0.2) is 8.42 Å². The fourth-order valence-corrected chi connectivity index (χ4v) is 6.15. The Labute approximate surface area is 198 Å². The number of hydrogen-bond donors (Lipinski definition) is 0. The van der Waals surface area contributed by atoms with Crippen LogP contribution in [0.4, 0.5) is 0 Å². The minimum Gasteiger partial charge on any atom is -0.423 e. The Morgan fingerprint density at radius 3 is 2.32 bits per heavy atom. The number of allylic oxidation sites excluding steroid dienone is 1. The molecule has 0 saturated heterocycles. The van der Waals surface area contributed by atoms with Crippen LogP contribution >= 0.6 is 0 Å². The lowest BCUT2D eigenvalue weighted by atomic mass is 9.89. The van der Waals surface area contributed by atoms with E-state index < -0.39 is 21.8 Å². The van der Waals surface area contributed by atoms with E-state index in [0.717, 1.165) is 47.2 Å². The molecule has 0 spiro atoms. The first-order chi connectivity index (χ1) is 16.4. The van der Waals surface area contributed by atoms with E-state index in [1.54, 1.807) is 30.3 Å². The number of carbonyl (C=O) groups excluding carboxylic acids is 2. The van der Waals surface area contributed by atoms with E-state index in [1.807, 2.05) is 30.3 Å². The van der Waals surface area contributed by atoms with Gasteiger partial charge in [-0.3, -0.25) is 13.9 Å². The maximum Gasteiger partial charge on any atom is 0.314 e. The van der Waals surface area contributed by atoms with Crippen LogP contribution in [0.1, 0.15) is 48.0 Å². The SMILES string of the molecule is CN1C(C(=O)c2ccc3ccccc3c2)=C(OC(=O)C2CCCCC2)c2ccccc2S1(=O)=O. The molecule has 0 bridgehead atoms. The highest BCUT2D eigenvalue weighted by atomic mass is 32.2. The van der Waals surface area contributed by atoms with Gasteiger partial charge in [-0.1, -0.05) is 67.8 Å². The molecule has 1 fully saturated rings. The van der Waals surface area contributed by atoms with Gasteiger partial charge in [0.1, 0.15) is 5.70 Å². The Morgan fingerprint density at radius 2 is 1.56 bits per heavy atom. The highest BCUT2D eigenvalue weighted by Crippen LogP contribution is 2.39. The van der Waals surface area contributed by atoms with Gasteiger partial charge in [-0.15, -0.1) is 0 Å². The van der Waals surface area contributed by atoms with Gasteiger partial charge in [-0.05, 0) is 41.8 Å². The molecular weight excluding hydrogens is 450 g/mol. The van der Waals surface area contributed by atoms with Crippen molar-refractivity contribution < 1.29 is 22.7 Å². The molecule has 5 rings (SSSR count). The number of rotatable bonds is 4. The number of Topliss-reactive ketones (excluding diaryl/α,β-unsaturated/α-hetero) is 1. The van der Waals surface area contributed by atoms with E-state index in [-0.39, 0.29) is 27.8 Å². The average molecular weight is 476 g/mol. The summed E-state index contributed by atoms with van der Waals surface area (Å²) in [4.78, 5) is 26.9. The minimum atomic E-state index is -4.00. The van der Waals surface area contributed by atoms with Gasteiger partial charge >= 0.3 is 5.97 Å². The summed E-state index contributed by atoms with van der Waals surface area (Å²) in [5.74, 6) is -1.19. The van der Waals surface area contributed by atoms with Crippen molar-refractivity contribution in [2.45, 2.75) is 37.0 Å². The van der Waals surface area contributed by atoms with Gasteiger partial charge < -0.3 is 4.74 Å². The van der Waals surface area contributed by atoms with Crippen molar-refractivity contribution in [2.75, 3.05) is 7.05 Å². The molecule has 3 aromatic carbocycles. The van der Waals surface area contributed by atoms with Crippen molar-refractivity contribution in [1.82, 2.24) is 4.31 Å². The molecule has 34 heavy (non-hydrogen) atoms. The fourth-order valence-electron chi connectivity index (χ4n) is 4.76. The number of ether oxygens (including phenoxy) is 1. The summed E-state index contributed by atoms with van der Waals surface area (Å²) in [7, 11) is -2.67. The van der Waals surface area contributed by atoms with Gasteiger partial charge in [0.05, 0.1) is 10.8 Å². The quantitative estimate of drug-likeness (QED) is 0.385. The van der Waals surface area contributed by atoms with Crippen LogP contribution in [0, 0.1) is 5.92 Å². The molecule has 1 aliphatic carbocycles. The molecule has 174 valence electrons. The van der Waals surface area contributed by atoms with Crippen molar-refractivity contribution in [2.24, 2.45) is 5.92 Å². The maximum atomic E-state index is 13.8. The zero-order chi connectivity index (χ0) is 23.9. The van der Waals surface area contributed by atoms with E-state index in [4.69, 9.17) is 4.74 Å². The fraction of sp³-hybridized carbons (Fsp3) is 0.259. The first-order valence-electron chi connectivity index (χ1n) is 11.5. The Bertz CT molecular complexity index is 1430. The highest BCUT2D eigenvalue weighted by molar-refractivity contribution is 7.89. The van der Waals surface area contributed by atoms with Gasteiger partial charge in [-0.2, -0.15) is 0 Å². The first kappa shape index (κ1) is 22.3. The van der Waals surface area contributed by atoms with Crippen LogP contribution in [0.2, 0.25) is 0 Å². The zero-order valence-electron chi connectivity index (χ0n) is 18.9. The second kappa shape index (κ2) is 8.72. The Kier molecular flexibility index (Phi) is 5.73.